The lowest BCUT2D eigenvalue weighted by Crippen LogP contribution is -2.50. The van der Waals surface area contributed by atoms with E-state index in [4.69, 9.17) is 11.6 Å². The number of carboxylic acid groups (broad SMARTS) is 1. The number of aromatic nitrogens is 4. The molecular weight excluding hydrogens is 610 g/mol. The molecule has 1 aromatic heterocycles. The molecule has 11 heteroatoms. The van der Waals surface area contributed by atoms with E-state index in [1.807, 2.05) is 32.0 Å². The van der Waals surface area contributed by atoms with Gasteiger partial charge in [-0.2, -0.15) is 4.68 Å². The molecule has 1 unspecified atom stereocenters. The van der Waals surface area contributed by atoms with Crippen molar-refractivity contribution in [3.8, 4) is 5.69 Å². The first-order chi connectivity index (χ1) is 19.5. The van der Waals surface area contributed by atoms with Gasteiger partial charge in [-0.05, 0) is 64.0 Å². The summed E-state index contributed by atoms with van der Waals surface area (Å²) in [6.07, 6.45) is 4.54. The lowest BCUT2D eigenvalue weighted by Gasteiger charge is -2.44. The molecule has 9 nitrogen and oxygen atoms in total. The van der Waals surface area contributed by atoms with Crippen molar-refractivity contribution in [1.82, 2.24) is 25.1 Å². The summed E-state index contributed by atoms with van der Waals surface area (Å²) in [6.45, 7) is 4.39. The zero-order valence-electron chi connectivity index (χ0n) is 22.2. The second-order valence-electron chi connectivity index (χ2n) is 10.4. The third-order valence-electron chi connectivity index (χ3n) is 7.09. The van der Waals surface area contributed by atoms with Crippen molar-refractivity contribution in [2.75, 3.05) is 6.54 Å². The van der Waals surface area contributed by atoms with Crippen molar-refractivity contribution in [2.24, 2.45) is 0 Å². The molecule has 0 saturated heterocycles. The molecule has 4 aromatic rings. The predicted molar refractivity (Wildman–Crippen MR) is 157 cm³/mol. The fraction of sp³-hybridized carbons (Fsp3) is 0.200. The van der Waals surface area contributed by atoms with Crippen LogP contribution in [0.5, 0.6) is 0 Å². The number of amides is 1. The van der Waals surface area contributed by atoms with Crippen LogP contribution in [0.15, 0.2) is 77.5 Å². The summed E-state index contributed by atoms with van der Waals surface area (Å²) in [6, 6.07) is 16.3. The summed E-state index contributed by atoms with van der Waals surface area (Å²) >= 11 is 9.89. The smallest absolute Gasteiger partial charge is 0.335 e. The topological polar surface area (TPSA) is 118 Å². The lowest BCUT2D eigenvalue weighted by molar-refractivity contribution is -0.137. The highest BCUT2D eigenvalue weighted by Crippen LogP contribution is 2.44. The number of ketones is 1. The van der Waals surface area contributed by atoms with E-state index in [9.17, 15) is 19.5 Å². The molecule has 1 aliphatic heterocycles. The Morgan fingerprint density at radius 2 is 1.88 bits per heavy atom. The summed E-state index contributed by atoms with van der Waals surface area (Å²) in [5.41, 5.74) is 3.34. The molecule has 41 heavy (non-hydrogen) atoms. The van der Waals surface area contributed by atoms with E-state index in [0.29, 0.717) is 28.4 Å². The molecule has 0 radical (unpaired) electrons. The second-order valence-corrected chi connectivity index (χ2v) is 11.7. The van der Waals surface area contributed by atoms with E-state index < -0.39 is 17.4 Å². The Kier molecular flexibility index (Phi) is 7.88. The molecule has 1 aliphatic rings. The van der Waals surface area contributed by atoms with E-state index in [1.54, 1.807) is 41.3 Å². The first kappa shape index (κ1) is 28.4. The fourth-order valence-corrected chi connectivity index (χ4v) is 5.93. The van der Waals surface area contributed by atoms with Crippen molar-refractivity contribution in [1.29, 1.82) is 0 Å². The van der Waals surface area contributed by atoms with Gasteiger partial charge < -0.3 is 10.0 Å². The number of carboxylic acids is 1. The number of nitrogens with zero attached hydrogens (tertiary/aromatic N) is 5. The van der Waals surface area contributed by atoms with Gasteiger partial charge in [0.05, 0.1) is 11.3 Å². The third kappa shape index (κ3) is 5.84. The number of Topliss-reactive ketones (excluding diaryl/α,β-unsaturated/α-hetero) is 1. The van der Waals surface area contributed by atoms with Gasteiger partial charge in [-0.15, -0.1) is 5.10 Å². The number of tetrazole rings is 1. The molecule has 0 spiro atoms. The quantitative estimate of drug-likeness (QED) is 0.268. The average Bonchev–Trinajstić information content (AvgIpc) is 3.47. The number of benzene rings is 3. The molecule has 0 bridgehead atoms. The van der Waals surface area contributed by atoms with Gasteiger partial charge in [0, 0.05) is 45.1 Å². The van der Waals surface area contributed by atoms with Crippen LogP contribution in [0.4, 0.5) is 0 Å². The van der Waals surface area contributed by atoms with Crippen molar-refractivity contribution in [2.45, 2.75) is 31.7 Å². The monoisotopic (exact) mass is 633 g/mol. The third-order valence-corrected chi connectivity index (χ3v) is 8.02. The zero-order valence-corrected chi connectivity index (χ0v) is 24.5. The van der Waals surface area contributed by atoms with Crippen LogP contribution in [0.25, 0.3) is 11.8 Å². The Labute approximate surface area is 249 Å². The number of fused-ring (bicyclic) bond motifs is 1. The molecule has 0 fully saturated rings. The van der Waals surface area contributed by atoms with Gasteiger partial charge in [-0.25, -0.2) is 4.79 Å². The van der Waals surface area contributed by atoms with Crippen LogP contribution in [-0.4, -0.2) is 54.4 Å². The number of carbonyl (C=O) groups is 3. The van der Waals surface area contributed by atoms with Crippen molar-refractivity contribution >= 4 is 51.3 Å². The van der Waals surface area contributed by atoms with Gasteiger partial charge in [0.25, 0.3) is 0 Å². The summed E-state index contributed by atoms with van der Waals surface area (Å²) in [5, 5.41) is 21.0. The number of rotatable bonds is 7. The van der Waals surface area contributed by atoms with E-state index >= 15 is 0 Å². The normalized spacial score (nSPS) is 16.0. The molecule has 0 saturated carbocycles. The highest BCUT2D eigenvalue weighted by molar-refractivity contribution is 9.10. The van der Waals surface area contributed by atoms with Crippen LogP contribution >= 0.6 is 27.5 Å². The average molecular weight is 635 g/mol. The molecule has 208 valence electrons. The van der Waals surface area contributed by atoms with Gasteiger partial charge in [-0.1, -0.05) is 65.6 Å². The molecule has 5 rings (SSSR count). The summed E-state index contributed by atoms with van der Waals surface area (Å²) in [5.74, 6) is -1.57. The standard InChI is InChI=1S/C30H25BrClN5O4/c1-30(2)16-36(26(39)13-10-20-15-21(32)11-12-24(20)37-17-33-34-35-37)28(27-22(30)4-3-5-23(27)31)25(38)14-18-6-8-19(9-7-18)29(40)41/h3-13,15,17,28H,14,16H2,1-2H3,(H,40,41)/b13-10+. The molecule has 1 atom stereocenters. The Bertz CT molecular complexity index is 1670. The van der Waals surface area contributed by atoms with Crippen molar-refractivity contribution < 1.29 is 19.5 Å². The summed E-state index contributed by atoms with van der Waals surface area (Å²) in [7, 11) is 0. The molecular formula is C30H25BrClN5O4. The minimum atomic E-state index is -1.04. The molecule has 1 N–H and O–H groups in total. The number of hydrogen-bond donors (Lipinski definition) is 1. The van der Waals surface area contributed by atoms with Crippen molar-refractivity contribution in [3.05, 3.63) is 110 Å². The fourth-order valence-electron chi connectivity index (χ4n) is 5.16. The Hall–Kier alpha value is -4.15. The maximum atomic E-state index is 14.0. The number of carbonyl (C=O) groups excluding carboxylic acids is 2. The first-order valence-electron chi connectivity index (χ1n) is 12.7. The SMILES string of the molecule is CC1(C)CN(C(=O)/C=C/c2cc(Cl)ccc2-n2cnnn2)C(C(=O)Cc2ccc(C(=O)O)cc2)c2c(Br)cccc21. The van der Waals surface area contributed by atoms with Crippen molar-refractivity contribution in [3.63, 3.8) is 0 Å². The summed E-state index contributed by atoms with van der Waals surface area (Å²) in [4.78, 5) is 40.7. The van der Waals surface area contributed by atoms with Gasteiger partial charge in [0.15, 0.2) is 5.78 Å². The lowest BCUT2D eigenvalue weighted by atomic mass is 9.74. The minimum absolute atomic E-state index is 0.0248. The van der Waals surface area contributed by atoms with E-state index in [2.05, 4.69) is 31.5 Å². The first-order valence-corrected chi connectivity index (χ1v) is 13.9. The highest BCUT2D eigenvalue weighted by atomic mass is 79.9. The largest absolute Gasteiger partial charge is 0.478 e. The second kappa shape index (κ2) is 11.4. The Balaban J connectivity index is 1.52. The van der Waals surface area contributed by atoms with Gasteiger partial charge in [0.2, 0.25) is 5.91 Å². The van der Waals surface area contributed by atoms with Gasteiger partial charge in [-0.3, -0.25) is 9.59 Å². The van der Waals surface area contributed by atoms with E-state index in [1.165, 1.54) is 29.2 Å². The van der Waals surface area contributed by atoms with Crippen LogP contribution < -0.4 is 0 Å². The summed E-state index contributed by atoms with van der Waals surface area (Å²) < 4.78 is 2.21. The van der Waals surface area contributed by atoms with Crippen LogP contribution in [0.3, 0.4) is 0 Å². The Morgan fingerprint density at radius 1 is 1.12 bits per heavy atom. The highest BCUT2D eigenvalue weighted by Gasteiger charge is 2.43. The van der Waals surface area contributed by atoms with E-state index in [0.717, 1.165) is 15.6 Å². The van der Waals surface area contributed by atoms with E-state index in [-0.39, 0.29) is 23.7 Å². The number of aromatic carboxylic acids is 1. The molecule has 3 aromatic carbocycles. The number of hydrogen-bond acceptors (Lipinski definition) is 6. The molecule has 1 amide bonds. The predicted octanol–water partition coefficient (Wildman–Crippen LogP) is 5.46. The maximum Gasteiger partial charge on any atom is 0.335 e. The number of halogens is 2. The molecule has 2 heterocycles. The Morgan fingerprint density at radius 3 is 2.56 bits per heavy atom. The van der Waals surface area contributed by atoms with Crippen LogP contribution in [0, 0.1) is 0 Å². The van der Waals surface area contributed by atoms with Gasteiger partial charge in [0.1, 0.15) is 12.4 Å². The maximum absolute atomic E-state index is 14.0. The van der Waals surface area contributed by atoms with Crippen LogP contribution in [0.1, 0.15) is 52.5 Å². The minimum Gasteiger partial charge on any atom is -0.478 e. The van der Waals surface area contributed by atoms with Crippen LogP contribution in [-0.2, 0) is 21.4 Å². The van der Waals surface area contributed by atoms with Crippen LogP contribution in [0.2, 0.25) is 5.02 Å². The van der Waals surface area contributed by atoms with Gasteiger partial charge >= 0.3 is 5.97 Å². The molecule has 0 aliphatic carbocycles. The zero-order chi connectivity index (χ0) is 29.3.